The van der Waals surface area contributed by atoms with Gasteiger partial charge in [0.1, 0.15) is 12.4 Å². The molecule has 0 unspecified atom stereocenters. The summed E-state index contributed by atoms with van der Waals surface area (Å²) in [6.45, 7) is 5.91. The fraction of sp³-hybridized carbons (Fsp3) is 0.526. The van der Waals surface area contributed by atoms with E-state index in [-0.39, 0.29) is 12.0 Å². The molecule has 3 atom stereocenters. The third-order valence-corrected chi connectivity index (χ3v) is 5.23. The van der Waals surface area contributed by atoms with Crippen LogP contribution in [0.3, 0.4) is 0 Å². The SMILES string of the molecule is Cc1nnc([C@H]2CO[C@@H]3CN(CCOc4ccc(Cl)cc4)C[C@H]23)o1.O=C(O)C(F)(F)F. The molecule has 12 heteroatoms. The number of hydrogen-bond donors (Lipinski definition) is 1. The molecular weight excluding hydrogens is 443 g/mol. The molecule has 1 N–H and O–H groups in total. The van der Waals surface area contributed by atoms with Crippen molar-refractivity contribution in [3.05, 3.63) is 41.1 Å². The van der Waals surface area contributed by atoms with E-state index in [0.29, 0.717) is 35.9 Å². The van der Waals surface area contributed by atoms with Crippen LogP contribution >= 0.6 is 11.6 Å². The molecule has 0 amide bonds. The van der Waals surface area contributed by atoms with E-state index in [0.717, 1.165) is 25.4 Å². The number of aliphatic carboxylic acids is 1. The summed E-state index contributed by atoms with van der Waals surface area (Å²) in [6, 6.07) is 7.44. The summed E-state index contributed by atoms with van der Waals surface area (Å²) in [4.78, 5) is 11.3. The van der Waals surface area contributed by atoms with Gasteiger partial charge in [0.15, 0.2) is 0 Å². The van der Waals surface area contributed by atoms with E-state index in [9.17, 15) is 13.2 Å². The zero-order valence-electron chi connectivity index (χ0n) is 16.5. The highest BCUT2D eigenvalue weighted by Crippen LogP contribution is 2.39. The molecule has 2 aliphatic rings. The summed E-state index contributed by atoms with van der Waals surface area (Å²) in [5.41, 5.74) is 0. The number of carboxylic acid groups (broad SMARTS) is 1. The molecule has 0 aliphatic carbocycles. The quantitative estimate of drug-likeness (QED) is 0.722. The minimum atomic E-state index is -5.08. The van der Waals surface area contributed by atoms with E-state index in [1.54, 1.807) is 0 Å². The summed E-state index contributed by atoms with van der Waals surface area (Å²) >= 11 is 5.87. The van der Waals surface area contributed by atoms with Crippen molar-refractivity contribution >= 4 is 17.6 Å². The molecule has 2 aliphatic heterocycles. The first-order chi connectivity index (χ1) is 14.6. The van der Waals surface area contributed by atoms with E-state index >= 15 is 0 Å². The van der Waals surface area contributed by atoms with Crippen molar-refractivity contribution in [3.8, 4) is 5.75 Å². The van der Waals surface area contributed by atoms with Crippen molar-refractivity contribution in [1.29, 1.82) is 0 Å². The molecule has 0 bridgehead atoms. The topological polar surface area (TPSA) is 97.9 Å². The van der Waals surface area contributed by atoms with Gasteiger partial charge in [0.25, 0.3) is 0 Å². The fourth-order valence-electron chi connectivity index (χ4n) is 3.52. The standard InChI is InChI=1S/C17H20ClN3O3.C2HF3O2/c1-11-19-20-17(24-11)15-10-23-16-9-21(8-14(15)16)6-7-22-13-4-2-12(18)3-5-13;3-2(4,5)1(6)7/h2-5,14-16H,6-10H2,1H3;(H,6,7)/t14-,15+,16-;/m1./s1. The summed E-state index contributed by atoms with van der Waals surface area (Å²) in [6.07, 6.45) is -4.84. The molecule has 3 heterocycles. The van der Waals surface area contributed by atoms with E-state index in [1.807, 2.05) is 31.2 Å². The van der Waals surface area contributed by atoms with Gasteiger partial charge in [-0.2, -0.15) is 13.2 Å². The Morgan fingerprint density at radius 3 is 2.55 bits per heavy atom. The molecule has 1 aromatic heterocycles. The van der Waals surface area contributed by atoms with Gasteiger partial charge in [0, 0.05) is 37.5 Å². The largest absolute Gasteiger partial charge is 0.492 e. The average molecular weight is 464 g/mol. The highest BCUT2D eigenvalue weighted by atomic mass is 35.5. The minimum Gasteiger partial charge on any atom is -0.492 e. The summed E-state index contributed by atoms with van der Waals surface area (Å²) < 4.78 is 49.1. The average Bonchev–Trinajstić information content (AvgIpc) is 3.39. The molecule has 0 spiro atoms. The van der Waals surface area contributed by atoms with E-state index < -0.39 is 12.1 Å². The number of nitrogens with zero attached hydrogens (tertiary/aromatic N) is 3. The Morgan fingerprint density at radius 2 is 1.97 bits per heavy atom. The number of hydrogen-bond acceptors (Lipinski definition) is 7. The van der Waals surface area contributed by atoms with Crippen LogP contribution in [0.15, 0.2) is 28.7 Å². The highest BCUT2D eigenvalue weighted by Gasteiger charge is 2.46. The summed E-state index contributed by atoms with van der Waals surface area (Å²) in [7, 11) is 0. The van der Waals surface area contributed by atoms with Crippen molar-refractivity contribution in [1.82, 2.24) is 15.1 Å². The van der Waals surface area contributed by atoms with Gasteiger partial charge in [-0.1, -0.05) is 11.6 Å². The molecule has 31 heavy (non-hydrogen) atoms. The first-order valence-corrected chi connectivity index (χ1v) is 9.83. The lowest BCUT2D eigenvalue weighted by atomic mass is 9.93. The normalized spacial score (nSPS) is 23.2. The highest BCUT2D eigenvalue weighted by molar-refractivity contribution is 6.30. The van der Waals surface area contributed by atoms with Gasteiger partial charge in [-0.3, -0.25) is 4.90 Å². The molecule has 2 aromatic rings. The number of carboxylic acids is 1. The third kappa shape index (κ3) is 6.31. The second-order valence-corrected chi connectivity index (χ2v) is 7.60. The monoisotopic (exact) mass is 463 g/mol. The first-order valence-electron chi connectivity index (χ1n) is 9.46. The number of aromatic nitrogens is 2. The van der Waals surface area contributed by atoms with Gasteiger partial charge in [0.05, 0.1) is 18.6 Å². The Kier molecular flexibility index (Phi) is 7.39. The number of likely N-dealkylation sites (tertiary alicyclic amines) is 1. The zero-order chi connectivity index (χ0) is 22.6. The predicted octanol–water partition coefficient (Wildman–Crippen LogP) is 3.16. The second kappa shape index (κ2) is 9.84. The Hall–Kier alpha value is -2.37. The Morgan fingerprint density at radius 1 is 1.29 bits per heavy atom. The fourth-order valence-corrected chi connectivity index (χ4v) is 3.64. The van der Waals surface area contributed by atoms with Gasteiger partial charge in [0.2, 0.25) is 11.8 Å². The van der Waals surface area contributed by atoms with Crippen molar-refractivity contribution in [3.63, 3.8) is 0 Å². The molecule has 0 radical (unpaired) electrons. The number of ether oxygens (including phenoxy) is 2. The van der Waals surface area contributed by atoms with Crippen LogP contribution in [0.4, 0.5) is 13.2 Å². The van der Waals surface area contributed by atoms with Crippen LogP contribution < -0.4 is 4.74 Å². The molecule has 1 aromatic carbocycles. The van der Waals surface area contributed by atoms with Crippen LogP contribution in [0.1, 0.15) is 17.7 Å². The maximum atomic E-state index is 10.6. The van der Waals surface area contributed by atoms with Crippen LogP contribution in [-0.4, -0.2) is 71.3 Å². The number of aryl methyl sites for hydroxylation is 1. The molecule has 170 valence electrons. The van der Waals surface area contributed by atoms with Crippen molar-refractivity contribution in [2.45, 2.75) is 25.1 Å². The van der Waals surface area contributed by atoms with Gasteiger partial charge in [-0.25, -0.2) is 4.79 Å². The van der Waals surface area contributed by atoms with Gasteiger partial charge in [-0.15, -0.1) is 10.2 Å². The number of benzene rings is 1. The van der Waals surface area contributed by atoms with E-state index in [4.69, 9.17) is 35.4 Å². The van der Waals surface area contributed by atoms with Crippen molar-refractivity contribution < 1.29 is 37.0 Å². The lowest BCUT2D eigenvalue weighted by molar-refractivity contribution is -0.192. The molecule has 0 saturated carbocycles. The maximum absolute atomic E-state index is 10.6. The molecule has 2 saturated heterocycles. The number of rotatable bonds is 5. The molecule has 2 fully saturated rings. The lowest BCUT2D eigenvalue weighted by Crippen LogP contribution is -2.28. The van der Waals surface area contributed by atoms with Crippen LogP contribution in [0.2, 0.25) is 5.02 Å². The van der Waals surface area contributed by atoms with E-state index in [1.165, 1.54) is 0 Å². The van der Waals surface area contributed by atoms with Crippen molar-refractivity contribution in [2.24, 2.45) is 5.92 Å². The van der Waals surface area contributed by atoms with Gasteiger partial charge >= 0.3 is 12.1 Å². The number of fused-ring (bicyclic) bond motifs is 1. The number of halogens is 4. The predicted molar refractivity (Wildman–Crippen MR) is 102 cm³/mol. The Bertz CT molecular complexity index is 877. The second-order valence-electron chi connectivity index (χ2n) is 7.17. The maximum Gasteiger partial charge on any atom is 0.490 e. The van der Waals surface area contributed by atoms with Gasteiger partial charge in [-0.05, 0) is 24.3 Å². The molecule has 4 rings (SSSR count). The first kappa shape index (κ1) is 23.3. The molecular formula is C19H21ClF3N3O5. The number of carbonyl (C=O) groups is 1. The Balaban J connectivity index is 0.000000339. The summed E-state index contributed by atoms with van der Waals surface area (Å²) in [5, 5.41) is 16.0. The Labute approximate surface area is 180 Å². The smallest absolute Gasteiger partial charge is 0.490 e. The third-order valence-electron chi connectivity index (χ3n) is 4.98. The minimum absolute atomic E-state index is 0.207. The van der Waals surface area contributed by atoms with Crippen LogP contribution in [0.5, 0.6) is 5.75 Å². The van der Waals surface area contributed by atoms with Crippen LogP contribution in [-0.2, 0) is 9.53 Å². The van der Waals surface area contributed by atoms with Crippen LogP contribution in [0.25, 0.3) is 0 Å². The summed E-state index contributed by atoms with van der Waals surface area (Å²) in [5.74, 6) is 0.0273. The zero-order valence-corrected chi connectivity index (χ0v) is 17.3. The number of alkyl halides is 3. The van der Waals surface area contributed by atoms with Gasteiger partial charge < -0.3 is 19.0 Å². The molecule has 8 nitrogen and oxygen atoms in total. The lowest BCUT2D eigenvalue weighted by Gasteiger charge is -2.18. The van der Waals surface area contributed by atoms with E-state index in [2.05, 4.69) is 15.1 Å². The van der Waals surface area contributed by atoms with Crippen LogP contribution in [0, 0.1) is 12.8 Å². The van der Waals surface area contributed by atoms with Crippen molar-refractivity contribution in [2.75, 3.05) is 32.8 Å².